The van der Waals surface area contributed by atoms with Gasteiger partial charge >= 0.3 is 12.0 Å². The molecule has 0 spiro atoms. The van der Waals surface area contributed by atoms with Gasteiger partial charge < -0.3 is 15.3 Å². The molecule has 3 aliphatic rings. The van der Waals surface area contributed by atoms with E-state index in [1.807, 2.05) is 4.90 Å². The molecule has 1 aliphatic heterocycles. The summed E-state index contributed by atoms with van der Waals surface area (Å²) in [5.41, 5.74) is 0. The predicted molar refractivity (Wildman–Crippen MR) is 74.4 cm³/mol. The first-order valence-electron chi connectivity index (χ1n) is 7.95. The first kappa shape index (κ1) is 13.7. The van der Waals surface area contributed by atoms with E-state index in [0.29, 0.717) is 24.8 Å². The summed E-state index contributed by atoms with van der Waals surface area (Å²) in [7, 11) is 0. The molecule has 2 saturated carbocycles. The van der Waals surface area contributed by atoms with Crippen LogP contribution in [0.25, 0.3) is 0 Å². The Labute approximate surface area is 119 Å². The summed E-state index contributed by atoms with van der Waals surface area (Å²) in [6.07, 6.45) is 8.15. The number of nitrogens with one attached hydrogen (secondary N) is 1. The van der Waals surface area contributed by atoms with Crippen molar-refractivity contribution in [3.05, 3.63) is 0 Å². The van der Waals surface area contributed by atoms with Crippen LogP contribution in [0, 0.1) is 11.8 Å². The van der Waals surface area contributed by atoms with E-state index >= 15 is 0 Å². The van der Waals surface area contributed by atoms with Crippen molar-refractivity contribution in [3.63, 3.8) is 0 Å². The molecule has 1 saturated heterocycles. The summed E-state index contributed by atoms with van der Waals surface area (Å²) in [6.45, 7) is 0.871. The molecule has 2 aliphatic carbocycles. The van der Waals surface area contributed by atoms with E-state index < -0.39 is 5.97 Å². The molecule has 2 amide bonds. The number of aliphatic carboxylic acids is 1. The van der Waals surface area contributed by atoms with Gasteiger partial charge in [-0.3, -0.25) is 4.79 Å². The molecule has 20 heavy (non-hydrogen) atoms. The fourth-order valence-electron chi connectivity index (χ4n) is 4.25. The molecule has 5 nitrogen and oxygen atoms in total. The molecule has 0 aromatic rings. The summed E-state index contributed by atoms with van der Waals surface area (Å²) in [5, 5.41) is 12.1. The Kier molecular flexibility index (Phi) is 3.85. The number of hydrogen-bond acceptors (Lipinski definition) is 2. The first-order valence-corrected chi connectivity index (χ1v) is 7.95. The maximum Gasteiger partial charge on any atom is 0.317 e. The van der Waals surface area contributed by atoms with Crippen LogP contribution in [0.1, 0.15) is 51.4 Å². The highest BCUT2D eigenvalue weighted by Crippen LogP contribution is 2.36. The third kappa shape index (κ3) is 2.63. The number of fused-ring (bicyclic) bond motifs is 1. The number of amides is 2. The summed E-state index contributed by atoms with van der Waals surface area (Å²) in [6, 6.07) is 0.516. The topological polar surface area (TPSA) is 69.6 Å². The second kappa shape index (κ2) is 5.62. The van der Waals surface area contributed by atoms with E-state index in [-0.39, 0.29) is 18.0 Å². The van der Waals surface area contributed by atoms with Gasteiger partial charge in [0.15, 0.2) is 0 Å². The summed E-state index contributed by atoms with van der Waals surface area (Å²) in [5.74, 6) is -0.304. The first-order chi connectivity index (χ1) is 9.65. The second-order valence-corrected chi connectivity index (χ2v) is 6.59. The van der Waals surface area contributed by atoms with Crippen LogP contribution in [0.5, 0.6) is 0 Å². The number of carbonyl (C=O) groups excluding carboxylic acids is 1. The van der Waals surface area contributed by atoms with Crippen molar-refractivity contribution in [2.24, 2.45) is 11.8 Å². The Bertz CT molecular complexity index is 399. The van der Waals surface area contributed by atoms with Crippen LogP contribution in [0.15, 0.2) is 0 Å². The van der Waals surface area contributed by atoms with Crippen LogP contribution in [-0.4, -0.2) is 40.6 Å². The maximum atomic E-state index is 12.4. The number of urea groups is 1. The minimum atomic E-state index is -0.727. The van der Waals surface area contributed by atoms with Crippen LogP contribution in [0.3, 0.4) is 0 Å². The molecular formula is C15H24N2O3. The Morgan fingerprint density at radius 1 is 1.05 bits per heavy atom. The van der Waals surface area contributed by atoms with Crippen LogP contribution in [0.4, 0.5) is 4.79 Å². The summed E-state index contributed by atoms with van der Waals surface area (Å²) >= 11 is 0. The lowest BCUT2D eigenvalue weighted by atomic mass is 9.85. The third-order valence-corrected chi connectivity index (χ3v) is 5.38. The SMILES string of the molecule is O=C(O)[C@@H]1CC[C@H](NC(=O)N2CCC3CCCCC32)C1. The number of carboxylic acid groups (broad SMARTS) is 1. The molecule has 112 valence electrons. The van der Waals surface area contributed by atoms with Crippen molar-refractivity contribution < 1.29 is 14.7 Å². The number of rotatable bonds is 2. The lowest BCUT2D eigenvalue weighted by molar-refractivity contribution is -0.141. The molecule has 0 aromatic carbocycles. The van der Waals surface area contributed by atoms with Gasteiger partial charge in [-0.15, -0.1) is 0 Å². The molecular weight excluding hydrogens is 256 g/mol. The molecule has 0 radical (unpaired) electrons. The number of likely N-dealkylation sites (tertiary alicyclic amines) is 1. The summed E-state index contributed by atoms with van der Waals surface area (Å²) in [4.78, 5) is 25.4. The molecule has 0 bridgehead atoms. The van der Waals surface area contributed by atoms with Crippen molar-refractivity contribution in [1.29, 1.82) is 0 Å². The normalized spacial score (nSPS) is 36.7. The quantitative estimate of drug-likeness (QED) is 0.815. The van der Waals surface area contributed by atoms with E-state index in [2.05, 4.69) is 5.32 Å². The lowest BCUT2D eigenvalue weighted by Gasteiger charge is -2.32. The Morgan fingerprint density at radius 3 is 2.60 bits per heavy atom. The smallest absolute Gasteiger partial charge is 0.317 e. The highest BCUT2D eigenvalue weighted by atomic mass is 16.4. The molecule has 2 N–H and O–H groups in total. The van der Waals surface area contributed by atoms with Gasteiger partial charge in [0.2, 0.25) is 0 Å². The minimum Gasteiger partial charge on any atom is -0.481 e. The van der Waals surface area contributed by atoms with Crippen molar-refractivity contribution in [3.8, 4) is 0 Å². The molecule has 3 fully saturated rings. The second-order valence-electron chi connectivity index (χ2n) is 6.59. The monoisotopic (exact) mass is 280 g/mol. The number of hydrogen-bond donors (Lipinski definition) is 2. The average Bonchev–Trinajstić information content (AvgIpc) is 3.04. The zero-order valence-corrected chi connectivity index (χ0v) is 11.9. The molecule has 3 rings (SSSR count). The van der Waals surface area contributed by atoms with Gasteiger partial charge in [-0.05, 0) is 44.4 Å². The van der Waals surface area contributed by atoms with Gasteiger partial charge in [-0.2, -0.15) is 0 Å². The van der Waals surface area contributed by atoms with Crippen molar-refractivity contribution in [2.75, 3.05) is 6.54 Å². The molecule has 1 heterocycles. The number of carbonyl (C=O) groups is 2. The molecule has 4 atom stereocenters. The third-order valence-electron chi connectivity index (χ3n) is 5.38. The van der Waals surface area contributed by atoms with E-state index in [0.717, 1.165) is 25.8 Å². The van der Waals surface area contributed by atoms with Gasteiger partial charge in [0, 0.05) is 18.6 Å². The fourth-order valence-corrected chi connectivity index (χ4v) is 4.25. The zero-order valence-electron chi connectivity index (χ0n) is 11.9. The average molecular weight is 280 g/mol. The van der Waals surface area contributed by atoms with Crippen molar-refractivity contribution >= 4 is 12.0 Å². The lowest BCUT2D eigenvalue weighted by Crippen LogP contribution is -2.47. The predicted octanol–water partition coefficient (Wildman–Crippen LogP) is 2.21. The highest BCUT2D eigenvalue weighted by Gasteiger charge is 2.39. The molecule has 0 aromatic heterocycles. The van der Waals surface area contributed by atoms with Gasteiger partial charge in [-0.1, -0.05) is 12.8 Å². The number of nitrogens with zero attached hydrogens (tertiary/aromatic N) is 1. The maximum absolute atomic E-state index is 12.4. The summed E-state index contributed by atoms with van der Waals surface area (Å²) < 4.78 is 0. The molecule has 5 heteroatoms. The van der Waals surface area contributed by atoms with Crippen molar-refractivity contribution in [2.45, 2.75) is 63.5 Å². The van der Waals surface area contributed by atoms with Gasteiger partial charge in [0.1, 0.15) is 0 Å². The van der Waals surface area contributed by atoms with Gasteiger partial charge in [-0.25, -0.2) is 4.79 Å². The standard InChI is InChI=1S/C15H24N2O3/c18-14(19)11-5-6-12(9-11)16-15(20)17-8-7-10-3-1-2-4-13(10)17/h10-13H,1-9H2,(H,16,20)(H,18,19)/t10?,11-,12+,13?/m1/s1. The van der Waals surface area contributed by atoms with Gasteiger partial charge in [0.25, 0.3) is 0 Å². The Balaban J connectivity index is 1.53. The van der Waals surface area contributed by atoms with Crippen LogP contribution in [-0.2, 0) is 4.79 Å². The van der Waals surface area contributed by atoms with E-state index in [4.69, 9.17) is 5.11 Å². The number of carboxylic acids is 1. The van der Waals surface area contributed by atoms with E-state index in [1.165, 1.54) is 19.3 Å². The largest absolute Gasteiger partial charge is 0.481 e. The van der Waals surface area contributed by atoms with Crippen LogP contribution >= 0.6 is 0 Å². The minimum absolute atomic E-state index is 0.0374. The van der Waals surface area contributed by atoms with Crippen LogP contribution < -0.4 is 5.32 Å². The fraction of sp³-hybridized carbons (Fsp3) is 0.867. The highest BCUT2D eigenvalue weighted by molar-refractivity contribution is 5.76. The van der Waals surface area contributed by atoms with Crippen LogP contribution in [0.2, 0.25) is 0 Å². The molecule has 2 unspecified atom stereocenters. The van der Waals surface area contributed by atoms with Gasteiger partial charge in [0.05, 0.1) is 5.92 Å². The Hall–Kier alpha value is -1.26. The van der Waals surface area contributed by atoms with E-state index in [9.17, 15) is 9.59 Å². The zero-order chi connectivity index (χ0) is 14.1. The van der Waals surface area contributed by atoms with E-state index in [1.54, 1.807) is 0 Å². The Morgan fingerprint density at radius 2 is 1.85 bits per heavy atom. The van der Waals surface area contributed by atoms with Crippen molar-refractivity contribution in [1.82, 2.24) is 10.2 Å².